The molecule has 1 amide bonds. The first-order chi connectivity index (χ1) is 14.4. The molecule has 4 aromatic rings. The lowest BCUT2D eigenvalue weighted by atomic mass is 10.1. The number of amides is 1. The van der Waals surface area contributed by atoms with Crippen LogP contribution in [0.1, 0.15) is 21.5 Å². The molecule has 0 radical (unpaired) electrons. The van der Waals surface area contributed by atoms with E-state index < -0.39 is 17.6 Å². The normalized spacial score (nSPS) is 11.6. The first-order valence-corrected chi connectivity index (χ1v) is 9.95. The molecule has 154 valence electrons. The van der Waals surface area contributed by atoms with Crippen LogP contribution in [0.5, 0.6) is 5.75 Å². The largest absolute Gasteiger partial charge is 0.493 e. The number of benzene rings is 2. The summed E-state index contributed by atoms with van der Waals surface area (Å²) in [5.41, 5.74) is 1.19. The number of aromatic nitrogens is 2. The van der Waals surface area contributed by atoms with Crippen LogP contribution in [0.2, 0.25) is 0 Å². The second-order valence-corrected chi connectivity index (χ2v) is 7.32. The molecule has 2 aromatic carbocycles. The molecule has 9 heteroatoms. The highest BCUT2D eigenvalue weighted by molar-refractivity contribution is 7.07. The van der Waals surface area contributed by atoms with Crippen molar-refractivity contribution >= 4 is 34.0 Å². The van der Waals surface area contributed by atoms with E-state index in [-0.39, 0.29) is 5.56 Å². The van der Waals surface area contributed by atoms with Gasteiger partial charge in [-0.25, -0.2) is 0 Å². The lowest BCUT2D eigenvalue weighted by molar-refractivity contribution is -0.137. The van der Waals surface area contributed by atoms with E-state index in [2.05, 4.69) is 27.0 Å². The number of nitrogens with zero attached hydrogens (tertiary/aromatic N) is 1. The maximum absolute atomic E-state index is 12.7. The van der Waals surface area contributed by atoms with Gasteiger partial charge in [-0.2, -0.15) is 29.6 Å². The van der Waals surface area contributed by atoms with E-state index in [4.69, 9.17) is 4.74 Å². The first-order valence-electron chi connectivity index (χ1n) is 9.01. The van der Waals surface area contributed by atoms with Crippen LogP contribution in [-0.2, 0) is 12.6 Å². The fraction of sp³-hybridized carbons (Fsp3) is 0.143. The van der Waals surface area contributed by atoms with Crippen molar-refractivity contribution in [1.29, 1.82) is 0 Å². The average Bonchev–Trinajstić information content (AvgIpc) is 3.37. The van der Waals surface area contributed by atoms with Crippen LogP contribution < -0.4 is 10.1 Å². The number of nitrogens with one attached hydrogen (secondary N) is 2. The van der Waals surface area contributed by atoms with Crippen LogP contribution in [0.25, 0.3) is 10.9 Å². The predicted molar refractivity (Wildman–Crippen MR) is 109 cm³/mol. The van der Waals surface area contributed by atoms with Gasteiger partial charge in [-0.05, 0) is 58.8 Å². The molecule has 0 spiro atoms. The molecular weight excluding hydrogens is 415 g/mol. The number of rotatable bonds is 6. The topological polar surface area (TPSA) is 67.0 Å². The number of hydrogen-bond donors (Lipinski definition) is 2. The number of fused-ring (bicyclic) bond motifs is 1. The van der Waals surface area contributed by atoms with Crippen LogP contribution in [0.15, 0.2) is 59.3 Å². The smallest absolute Gasteiger partial charge is 0.416 e. The van der Waals surface area contributed by atoms with Crippen LogP contribution in [0.3, 0.4) is 0 Å². The maximum Gasteiger partial charge on any atom is 0.416 e. The molecule has 0 aliphatic heterocycles. The molecule has 0 unspecified atom stereocenters. The molecule has 2 N–H and O–H groups in total. The number of anilines is 1. The second-order valence-electron chi connectivity index (χ2n) is 6.54. The number of hydrogen-bond acceptors (Lipinski definition) is 4. The lowest BCUT2D eigenvalue weighted by Crippen LogP contribution is -2.13. The quantitative estimate of drug-likeness (QED) is 0.423. The Morgan fingerprint density at radius 2 is 1.93 bits per heavy atom. The summed E-state index contributed by atoms with van der Waals surface area (Å²) in [7, 11) is 0. The number of carbonyl (C=O) groups is 1. The number of alkyl halides is 3. The van der Waals surface area contributed by atoms with Crippen LogP contribution in [-0.4, -0.2) is 22.7 Å². The SMILES string of the molecule is O=C(Nc1n[nH]c2cc(OCCc3ccsc3)ccc12)c1ccc(C(F)(F)F)cc1. The fourth-order valence-electron chi connectivity index (χ4n) is 2.90. The minimum Gasteiger partial charge on any atom is -0.493 e. The summed E-state index contributed by atoms with van der Waals surface area (Å²) in [6, 6.07) is 11.4. The molecule has 0 saturated heterocycles. The van der Waals surface area contributed by atoms with Gasteiger partial charge in [0, 0.05) is 23.4 Å². The van der Waals surface area contributed by atoms with E-state index in [1.54, 1.807) is 29.5 Å². The van der Waals surface area contributed by atoms with Gasteiger partial charge in [0.05, 0.1) is 17.7 Å². The van der Waals surface area contributed by atoms with Gasteiger partial charge >= 0.3 is 6.18 Å². The van der Waals surface area contributed by atoms with Gasteiger partial charge in [0.25, 0.3) is 5.91 Å². The third kappa shape index (κ3) is 4.46. The zero-order valence-electron chi connectivity index (χ0n) is 15.5. The van der Waals surface area contributed by atoms with Crippen molar-refractivity contribution in [2.24, 2.45) is 0 Å². The summed E-state index contributed by atoms with van der Waals surface area (Å²) in [6.45, 7) is 0.536. The Morgan fingerprint density at radius 1 is 1.13 bits per heavy atom. The molecule has 0 bridgehead atoms. The molecule has 2 aromatic heterocycles. The maximum atomic E-state index is 12.7. The van der Waals surface area contributed by atoms with Crippen molar-refractivity contribution in [1.82, 2.24) is 10.2 Å². The minimum atomic E-state index is -4.45. The van der Waals surface area contributed by atoms with Gasteiger partial charge in [-0.3, -0.25) is 9.89 Å². The number of H-pyrrole nitrogens is 1. The van der Waals surface area contributed by atoms with Gasteiger partial charge in [0.2, 0.25) is 0 Å². The monoisotopic (exact) mass is 431 g/mol. The zero-order valence-corrected chi connectivity index (χ0v) is 16.3. The van der Waals surface area contributed by atoms with Gasteiger partial charge in [-0.1, -0.05) is 0 Å². The van der Waals surface area contributed by atoms with E-state index in [1.807, 2.05) is 5.38 Å². The van der Waals surface area contributed by atoms with E-state index in [9.17, 15) is 18.0 Å². The van der Waals surface area contributed by atoms with Crippen molar-refractivity contribution in [2.75, 3.05) is 11.9 Å². The molecular formula is C21H16F3N3O2S. The molecule has 0 fully saturated rings. The van der Waals surface area contributed by atoms with Crippen molar-refractivity contribution < 1.29 is 22.7 Å². The summed E-state index contributed by atoms with van der Waals surface area (Å²) >= 11 is 1.64. The van der Waals surface area contributed by atoms with Gasteiger partial charge in [-0.15, -0.1) is 0 Å². The molecule has 0 aliphatic carbocycles. The number of aromatic amines is 1. The third-order valence-corrected chi connectivity index (χ3v) is 5.21. The summed E-state index contributed by atoms with van der Waals surface area (Å²) < 4.78 is 43.7. The van der Waals surface area contributed by atoms with Crippen LogP contribution in [0, 0.1) is 0 Å². The van der Waals surface area contributed by atoms with Gasteiger partial charge in [0.1, 0.15) is 5.75 Å². The lowest BCUT2D eigenvalue weighted by Gasteiger charge is -2.08. The number of halogens is 3. The highest BCUT2D eigenvalue weighted by atomic mass is 32.1. The van der Waals surface area contributed by atoms with E-state index in [0.29, 0.717) is 29.1 Å². The molecule has 2 heterocycles. The summed E-state index contributed by atoms with van der Waals surface area (Å²) in [5.74, 6) is 0.412. The van der Waals surface area contributed by atoms with Gasteiger partial charge < -0.3 is 10.1 Å². The fourth-order valence-corrected chi connectivity index (χ4v) is 3.60. The Hall–Kier alpha value is -3.33. The van der Waals surface area contributed by atoms with Crippen molar-refractivity contribution in [3.05, 3.63) is 76.0 Å². The highest BCUT2D eigenvalue weighted by Crippen LogP contribution is 2.29. The van der Waals surface area contributed by atoms with Gasteiger partial charge in [0.15, 0.2) is 5.82 Å². The Bertz CT molecular complexity index is 1150. The standard InChI is InChI=1S/C21H16F3N3O2S/c22-21(23,24)15-3-1-14(2-4-15)20(28)25-19-17-6-5-16(11-18(17)26-27-19)29-9-7-13-8-10-30-12-13/h1-6,8,10-12H,7,9H2,(H2,25,26,27,28). The van der Waals surface area contributed by atoms with E-state index in [0.717, 1.165) is 30.7 Å². The Labute approximate surface area is 173 Å². The Kier molecular flexibility index (Phi) is 5.45. The van der Waals surface area contributed by atoms with E-state index >= 15 is 0 Å². The second kappa shape index (κ2) is 8.19. The number of ether oxygens (including phenoxy) is 1. The molecule has 4 rings (SSSR count). The molecule has 5 nitrogen and oxygen atoms in total. The number of thiophene rings is 1. The molecule has 0 atom stereocenters. The number of carbonyl (C=O) groups excluding carboxylic acids is 1. The summed E-state index contributed by atoms with van der Waals surface area (Å²) in [4.78, 5) is 12.4. The Balaban J connectivity index is 1.42. The van der Waals surface area contributed by atoms with Crippen molar-refractivity contribution in [2.45, 2.75) is 12.6 Å². The van der Waals surface area contributed by atoms with Crippen LogP contribution in [0.4, 0.5) is 19.0 Å². The third-order valence-electron chi connectivity index (χ3n) is 4.48. The van der Waals surface area contributed by atoms with Crippen molar-refractivity contribution in [3.8, 4) is 5.75 Å². The molecule has 0 saturated carbocycles. The highest BCUT2D eigenvalue weighted by Gasteiger charge is 2.30. The Morgan fingerprint density at radius 3 is 2.63 bits per heavy atom. The minimum absolute atomic E-state index is 0.104. The summed E-state index contributed by atoms with van der Waals surface area (Å²) in [6.07, 6.45) is -3.64. The zero-order chi connectivity index (χ0) is 21.1. The van der Waals surface area contributed by atoms with Crippen molar-refractivity contribution in [3.63, 3.8) is 0 Å². The predicted octanol–water partition coefficient (Wildman–Crippen LogP) is 5.52. The summed E-state index contributed by atoms with van der Waals surface area (Å²) in [5, 5.41) is 14.3. The molecule has 0 aliphatic rings. The van der Waals surface area contributed by atoms with Crippen LogP contribution >= 0.6 is 11.3 Å². The van der Waals surface area contributed by atoms with E-state index in [1.165, 1.54) is 5.56 Å². The average molecular weight is 431 g/mol. The first kappa shape index (κ1) is 20.0. The molecule has 30 heavy (non-hydrogen) atoms.